The molecule has 1 aliphatic rings. The van der Waals surface area contributed by atoms with Crippen molar-refractivity contribution in [1.29, 1.82) is 0 Å². The van der Waals surface area contributed by atoms with Gasteiger partial charge in [-0.25, -0.2) is 0 Å². The summed E-state index contributed by atoms with van der Waals surface area (Å²) in [6.07, 6.45) is 1.41. The molecule has 1 aromatic carbocycles. The predicted molar refractivity (Wildman–Crippen MR) is 77.1 cm³/mol. The first kappa shape index (κ1) is 12.6. The van der Waals surface area contributed by atoms with Gasteiger partial charge >= 0.3 is 0 Å². The Balaban J connectivity index is 1.84. The summed E-state index contributed by atoms with van der Waals surface area (Å²) < 4.78 is 5.59. The van der Waals surface area contributed by atoms with E-state index in [1.54, 1.807) is 0 Å². The molecular formula is C16H20N2O. The Morgan fingerprint density at radius 3 is 3.00 bits per heavy atom. The molecule has 0 saturated carbocycles. The SMILES string of the molecule is Cc1cc(CNC2CCOC2C)c2ccccc2n1. The van der Waals surface area contributed by atoms with Gasteiger partial charge in [-0.15, -0.1) is 0 Å². The van der Waals surface area contributed by atoms with Crippen molar-refractivity contribution in [2.24, 2.45) is 0 Å². The number of nitrogens with zero attached hydrogens (tertiary/aromatic N) is 1. The lowest BCUT2D eigenvalue weighted by molar-refractivity contribution is 0.113. The Morgan fingerprint density at radius 1 is 1.37 bits per heavy atom. The first-order chi connectivity index (χ1) is 9.24. The van der Waals surface area contributed by atoms with Gasteiger partial charge < -0.3 is 10.1 Å². The van der Waals surface area contributed by atoms with E-state index in [1.807, 2.05) is 6.07 Å². The normalized spacial score (nSPS) is 23.1. The van der Waals surface area contributed by atoms with E-state index >= 15 is 0 Å². The lowest BCUT2D eigenvalue weighted by atomic mass is 10.1. The summed E-state index contributed by atoms with van der Waals surface area (Å²) in [4.78, 5) is 4.58. The zero-order chi connectivity index (χ0) is 13.2. The molecule has 100 valence electrons. The van der Waals surface area contributed by atoms with Gasteiger partial charge in [-0.3, -0.25) is 4.98 Å². The Bertz CT molecular complexity index is 582. The zero-order valence-corrected chi connectivity index (χ0v) is 11.5. The molecule has 2 heterocycles. The van der Waals surface area contributed by atoms with Crippen molar-refractivity contribution < 1.29 is 4.74 Å². The van der Waals surface area contributed by atoms with Gasteiger partial charge in [0.25, 0.3) is 0 Å². The van der Waals surface area contributed by atoms with E-state index in [0.29, 0.717) is 12.1 Å². The highest BCUT2D eigenvalue weighted by atomic mass is 16.5. The second-order valence-electron chi connectivity index (χ2n) is 5.29. The molecule has 2 unspecified atom stereocenters. The predicted octanol–water partition coefficient (Wildman–Crippen LogP) is 2.81. The van der Waals surface area contributed by atoms with Crippen LogP contribution in [0.1, 0.15) is 24.6 Å². The molecule has 0 bridgehead atoms. The van der Waals surface area contributed by atoms with E-state index in [0.717, 1.165) is 30.8 Å². The summed E-state index contributed by atoms with van der Waals surface area (Å²) in [5.74, 6) is 0. The molecule has 2 atom stereocenters. The highest BCUT2D eigenvalue weighted by Gasteiger charge is 2.23. The summed E-state index contributed by atoms with van der Waals surface area (Å²) in [6.45, 7) is 5.94. The van der Waals surface area contributed by atoms with Crippen LogP contribution in [0.2, 0.25) is 0 Å². The molecule has 1 aliphatic heterocycles. The van der Waals surface area contributed by atoms with Gasteiger partial charge in [-0.1, -0.05) is 18.2 Å². The van der Waals surface area contributed by atoms with Crippen molar-refractivity contribution in [3.63, 3.8) is 0 Å². The number of nitrogens with one attached hydrogen (secondary N) is 1. The van der Waals surface area contributed by atoms with Crippen LogP contribution < -0.4 is 5.32 Å². The molecule has 0 amide bonds. The molecule has 1 saturated heterocycles. The first-order valence-corrected chi connectivity index (χ1v) is 6.94. The van der Waals surface area contributed by atoms with Crippen molar-refractivity contribution >= 4 is 10.9 Å². The van der Waals surface area contributed by atoms with Crippen LogP contribution in [0.4, 0.5) is 0 Å². The molecule has 0 aliphatic carbocycles. The van der Waals surface area contributed by atoms with Crippen molar-refractivity contribution in [2.45, 2.75) is 39.0 Å². The maximum Gasteiger partial charge on any atom is 0.0708 e. The fraction of sp³-hybridized carbons (Fsp3) is 0.438. The fourth-order valence-corrected chi connectivity index (χ4v) is 2.78. The van der Waals surface area contributed by atoms with Crippen LogP contribution in [0.25, 0.3) is 10.9 Å². The molecule has 1 N–H and O–H groups in total. The van der Waals surface area contributed by atoms with E-state index in [1.165, 1.54) is 10.9 Å². The smallest absolute Gasteiger partial charge is 0.0708 e. The lowest BCUT2D eigenvalue weighted by Crippen LogP contribution is -2.34. The molecule has 3 rings (SSSR count). The van der Waals surface area contributed by atoms with Gasteiger partial charge in [0.2, 0.25) is 0 Å². The Kier molecular flexibility index (Phi) is 3.49. The summed E-state index contributed by atoms with van der Waals surface area (Å²) in [6, 6.07) is 11.0. The number of rotatable bonds is 3. The van der Waals surface area contributed by atoms with Gasteiger partial charge in [-0.2, -0.15) is 0 Å². The van der Waals surface area contributed by atoms with E-state index in [2.05, 4.69) is 48.4 Å². The summed E-state index contributed by atoms with van der Waals surface area (Å²) in [7, 11) is 0. The van der Waals surface area contributed by atoms with Gasteiger partial charge in [0.05, 0.1) is 11.6 Å². The number of pyridine rings is 1. The van der Waals surface area contributed by atoms with Crippen LogP contribution in [0.3, 0.4) is 0 Å². The number of fused-ring (bicyclic) bond motifs is 1. The minimum atomic E-state index is 0.314. The minimum Gasteiger partial charge on any atom is -0.377 e. The Labute approximate surface area is 114 Å². The first-order valence-electron chi connectivity index (χ1n) is 6.94. The third kappa shape index (κ3) is 2.62. The summed E-state index contributed by atoms with van der Waals surface area (Å²) in [5, 5.41) is 4.86. The second kappa shape index (κ2) is 5.27. The van der Waals surface area contributed by atoms with Crippen molar-refractivity contribution in [1.82, 2.24) is 10.3 Å². The molecule has 1 fully saturated rings. The zero-order valence-electron chi connectivity index (χ0n) is 11.5. The molecule has 2 aromatic rings. The van der Waals surface area contributed by atoms with E-state index in [4.69, 9.17) is 4.74 Å². The third-order valence-corrected chi connectivity index (χ3v) is 3.86. The van der Waals surface area contributed by atoms with Crippen LogP contribution >= 0.6 is 0 Å². The van der Waals surface area contributed by atoms with Crippen LogP contribution in [-0.4, -0.2) is 23.7 Å². The quantitative estimate of drug-likeness (QED) is 0.917. The number of ether oxygens (including phenoxy) is 1. The molecule has 1 aromatic heterocycles. The highest BCUT2D eigenvalue weighted by molar-refractivity contribution is 5.82. The fourth-order valence-electron chi connectivity index (χ4n) is 2.78. The summed E-state index contributed by atoms with van der Waals surface area (Å²) in [5.41, 5.74) is 3.48. The standard InChI is InChI=1S/C16H20N2O/c1-11-9-13(10-17-15-7-8-19-12(15)2)14-5-3-4-6-16(14)18-11/h3-6,9,12,15,17H,7-8,10H2,1-2H3. The van der Waals surface area contributed by atoms with Crippen LogP contribution in [0.5, 0.6) is 0 Å². The van der Waals surface area contributed by atoms with Crippen LogP contribution in [0, 0.1) is 6.92 Å². The van der Waals surface area contributed by atoms with E-state index in [-0.39, 0.29) is 0 Å². The average molecular weight is 256 g/mol. The van der Waals surface area contributed by atoms with Crippen LogP contribution in [0.15, 0.2) is 30.3 Å². The number of hydrogen-bond donors (Lipinski definition) is 1. The average Bonchev–Trinajstić information content (AvgIpc) is 2.81. The number of benzene rings is 1. The maximum absolute atomic E-state index is 5.59. The van der Waals surface area contributed by atoms with Crippen LogP contribution in [-0.2, 0) is 11.3 Å². The third-order valence-electron chi connectivity index (χ3n) is 3.86. The Hall–Kier alpha value is -1.45. The van der Waals surface area contributed by atoms with Crippen molar-refractivity contribution in [3.05, 3.63) is 41.6 Å². The molecule has 0 spiro atoms. The van der Waals surface area contributed by atoms with Crippen molar-refractivity contribution in [2.75, 3.05) is 6.61 Å². The number of aryl methyl sites for hydroxylation is 1. The molecule has 3 nitrogen and oxygen atoms in total. The molecule has 0 radical (unpaired) electrons. The topological polar surface area (TPSA) is 34.1 Å². The second-order valence-corrected chi connectivity index (χ2v) is 5.29. The molecular weight excluding hydrogens is 236 g/mol. The number of aromatic nitrogens is 1. The van der Waals surface area contributed by atoms with Crippen molar-refractivity contribution in [3.8, 4) is 0 Å². The van der Waals surface area contributed by atoms with Gasteiger partial charge in [0, 0.05) is 30.3 Å². The monoisotopic (exact) mass is 256 g/mol. The Morgan fingerprint density at radius 2 is 2.21 bits per heavy atom. The van der Waals surface area contributed by atoms with Gasteiger partial charge in [-0.05, 0) is 38.0 Å². The number of para-hydroxylation sites is 1. The van der Waals surface area contributed by atoms with E-state index < -0.39 is 0 Å². The minimum absolute atomic E-state index is 0.314. The summed E-state index contributed by atoms with van der Waals surface area (Å²) >= 11 is 0. The lowest BCUT2D eigenvalue weighted by Gasteiger charge is -2.17. The molecule has 3 heteroatoms. The highest BCUT2D eigenvalue weighted by Crippen LogP contribution is 2.19. The van der Waals surface area contributed by atoms with Gasteiger partial charge in [0.15, 0.2) is 0 Å². The maximum atomic E-state index is 5.59. The number of hydrogen-bond acceptors (Lipinski definition) is 3. The van der Waals surface area contributed by atoms with E-state index in [9.17, 15) is 0 Å². The van der Waals surface area contributed by atoms with Gasteiger partial charge in [0.1, 0.15) is 0 Å². The largest absolute Gasteiger partial charge is 0.377 e. The molecule has 19 heavy (non-hydrogen) atoms.